The molecule has 1 rings (SSSR count). The van der Waals surface area contributed by atoms with Crippen LogP contribution in [0.2, 0.25) is 0 Å². The number of nitrogens with one attached hydrogen (secondary N) is 1. The molecule has 0 unspecified atom stereocenters. The van der Waals surface area contributed by atoms with Crippen LogP contribution in [0.15, 0.2) is 0 Å². The molecule has 0 radical (unpaired) electrons. The lowest BCUT2D eigenvalue weighted by atomic mass is 10.1. The molecule has 2 nitrogen and oxygen atoms in total. The summed E-state index contributed by atoms with van der Waals surface area (Å²) in [5.74, 6) is 1.25. The Morgan fingerprint density at radius 3 is 2.83 bits per heavy atom. The zero-order chi connectivity index (χ0) is 9.19. The smallest absolute Gasteiger partial charge is 0.233 e. The summed E-state index contributed by atoms with van der Waals surface area (Å²) in [4.78, 5) is 11.5. The van der Waals surface area contributed by atoms with Crippen LogP contribution in [-0.4, -0.2) is 22.4 Å². The molecule has 0 bridgehead atoms. The summed E-state index contributed by atoms with van der Waals surface area (Å²) in [6.45, 7) is 6.26. The van der Waals surface area contributed by atoms with Gasteiger partial charge in [0.05, 0.1) is 5.25 Å². The summed E-state index contributed by atoms with van der Waals surface area (Å²) in [6, 6.07) is 0. The molecular formula is C9H17NOS. The van der Waals surface area contributed by atoms with E-state index in [1.165, 1.54) is 0 Å². The Morgan fingerprint density at radius 1 is 1.67 bits per heavy atom. The van der Waals surface area contributed by atoms with E-state index in [1.54, 1.807) is 11.8 Å². The van der Waals surface area contributed by atoms with Crippen LogP contribution in [0.3, 0.4) is 0 Å². The monoisotopic (exact) mass is 187 g/mol. The highest BCUT2D eigenvalue weighted by atomic mass is 32.2. The van der Waals surface area contributed by atoms with Crippen molar-refractivity contribution < 1.29 is 4.79 Å². The largest absolute Gasteiger partial charge is 0.349 e. The van der Waals surface area contributed by atoms with Gasteiger partial charge in [-0.2, -0.15) is 0 Å². The second-order valence-corrected chi connectivity index (χ2v) is 5.15. The molecule has 1 aliphatic heterocycles. The SMILES string of the molecule is CCC[C@@H]1SCC(C)(C)NC1=O. The van der Waals surface area contributed by atoms with Crippen molar-refractivity contribution in [3.8, 4) is 0 Å². The van der Waals surface area contributed by atoms with Crippen LogP contribution < -0.4 is 5.32 Å². The van der Waals surface area contributed by atoms with Gasteiger partial charge in [-0.1, -0.05) is 13.3 Å². The lowest BCUT2D eigenvalue weighted by Gasteiger charge is -2.34. The third-order valence-corrected chi connectivity index (χ3v) is 3.69. The highest BCUT2D eigenvalue weighted by molar-refractivity contribution is 8.00. The normalized spacial score (nSPS) is 28.2. The Hall–Kier alpha value is -0.180. The van der Waals surface area contributed by atoms with Crippen LogP contribution in [0.5, 0.6) is 0 Å². The molecule has 1 fully saturated rings. The Labute approximate surface area is 78.5 Å². The molecule has 1 N–H and O–H groups in total. The van der Waals surface area contributed by atoms with Gasteiger partial charge < -0.3 is 5.32 Å². The molecule has 12 heavy (non-hydrogen) atoms. The van der Waals surface area contributed by atoms with Gasteiger partial charge in [-0.05, 0) is 20.3 Å². The van der Waals surface area contributed by atoms with Gasteiger partial charge in [0.1, 0.15) is 0 Å². The Balaban J connectivity index is 2.48. The molecule has 3 heteroatoms. The van der Waals surface area contributed by atoms with Gasteiger partial charge in [0.15, 0.2) is 0 Å². The van der Waals surface area contributed by atoms with E-state index in [9.17, 15) is 4.79 Å². The highest BCUT2D eigenvalue weighted by Crippen LogP contribution is 2.26. The lowest BCUT2D eigenvalue weighted by Crippen LogP contribution is -2.53. The van der Waals surface area contributed by atoms with E-state index in [-0.39, 0.29) is 16.7 Å². The fourth-order valence-electron chi connectivity index (χ4n) is 1.31. The molecule has 0 aliphatic carbocycles. The lowest BCUT2D eigenvalue weighted by molar-refractivity contribution is -0.122. The number of rotatable bonds is 2. The van der Waals surface area contributed by atoms with Gasteiger partial charge in [0.25, 0.3) is 0 Å². The number of carbonyl (C=O) groups excluding carboxylic acids is 1. The summed E-state index contributed by atoms with van der Waals surface area (Å²) < 4.78 is 0. The number of hydrogen-bond acceptors (Lipinski definition) is 2. The number of amides is 1. The van der Waals surface area contributed by atoms with Crippen molar-refractivity contribution in [3.05, 3.63) is 0 Å². The molecule has 1 saturated heterocycles. The Bertz CT molecular complexity index is 179. The van der Waals surface area contributed by atoms with E-state index in [0.29, 0.717) is 0 Å². The van der Waals surface area contributed by atoms with Crippen LogP contribution in [0.1, 0.15) is 33.6 Å². The van der Waals surface area contributed by atoms with Crippen molar-refractivity contribution in [2.24, 2.45) is 0 Å². The van der Waals surface area contributed by atoms with Crippen LogP contribution in [0.4, 0.5) is 0 Å². The van der Waals surface area contributed by atoms with Gasteiger partial charge in [0.2, 0.25) is 5.91 Å². The molecule has 1 atom stereocenters. The number of thioether (sulfide) groups is 1. The topological polar surface area (TPSA) is 29.1 Å². The summed E-state index contributed by atoms with van der Waals surface area (Å²) in [5.41, 5.74) is -0.00795. The molecule has 0 aromatic rings. The summed E-state index contributed by atoms with van der Waals surface area (Å²) in [7, 11) is 0. The van der Waals surface area contributed by atoms with Gasteiger partial charge in [-0.15, -0.1) is 11.8 Å². The summed E-state index contributed by atoms with van der Waals surface area (Å²) in [5, 5.41) is 3.23. The first-order valence-corrected chi connectivity index (χ1v) is 5.53. The average Bonchev–Trinajstić information content (AvgIpc) is 1.94. The third-order valence-electron chi connectivity index (χ3n) is 1.95. The van der Waals surface area contributed by atoms with Crippen LogP contribution in [-0.2, 0) is 4.79 Å². The van der Waals surface area contributed by atoms with Crippen molar-refractivity contribution in [2.75, 3.05) is 5.75 Å². The van der Waals surface area contributed by atoms with Crippen molar-refractivity contribution in [2.45, 2.75) is 44.4 Å². The van der Waals surface area contributed by atoms with Crippen LogP contribution >= 0.6 is 11.8 Å². The second-order valence-electron chi connectivity index (χ2n) is 3.96. The first-order valence-electron chi connectivity index (χ1n) is 4.49. The first-order chi connectivity index (χ1) is 5.55. The Kier molecular flexibility index (Phi) is 3.04. The van der Waals surface area contributed by atoms with Gasteiger partial charge in [0, 0.05) is 11.3 Å². The quantitative estimate of drug-likeness (QED) is 0.714. The molecular weight excluding hydrogens is 170 g/mol. The minimum Gasteiger partial charge on any atom is -0.349 e. The molecule has 1 amide bonds. The van der Waals surface area contributed by atoms with E-state index in [2.05, 4.69) is 26.1 Å². The summed E-state index contributed by atoms with van der Waals surface area (Å²) >= 11 is 1.79. The zero-order valence-electron chi connectivity index (χ0n) is 8.02. The van der Waals surface area contributed by atoms with E-state index < -0.39 is 0 Å². The van der Waals surface area contributed by atoms with Gasteiger partial charge in [-0.3, -0.25) is 4.79 Å². The first kappa shape index (κ1) is 9.90. The minimum absolute atomic E-state index is 0.00795. The van der Waals surface area contributed by atoms with Crippen LogP contribution in [0.25, 0.3) is 0 Å². The van der Waals surface area contributed by atoms with Crippen molar-refractivity contribution in [3.63, 3.8) is 0 Å². The fourth-order valence-corrected chi connectivity index (χ4v) is 2.61. The number of carbonyl (C=O) groups is 1. The predicted octanol–water partition coefficient (Wildman–Crippen LogP) is 1.80. The van der Waals surface area contributed by atoms with Gasteiger partial charge >= 0.3 is 0 Å². The van der Waals surface area contributed by atoms with E-state index in [4.69, 9.17) is 0 Å². The zero-order valence-corrected chi connectivity index (χ0v) is 8.83. The molecule has 70 valence electrons. The van der Waals surface area contributed by atoms with Crippen molar-refractivity contribution in [1.29, 1.82) is 0 Å². The predicted molar refractivity (Wildman–Crippen MR) is 53.4 cm³/mol. The Morgan fingerprint density at radius 2 is 2.33 bits per heavy atom. The van der Waals surface area contributed by atoms with Crippen LogP contribution in [0, 0.1) is 0 Å². The molecule has 0 aromatic carbocycles. The summed E-state index contributed by atoms with van der Waals surface area (Å²) in [6.07, 6.45) is 2.10. The molecule has 0 saturated carbocycles. The van der Waals surface area contributed by atoms with Crippen molar-refractivity contribution in [1.82, 2.24) is 5.32 Å². The third kappa shape index (κ3) is 2.41. The molecule has 1 heterocycles. The molecule has 0 spiro atoms. The maximum absolute atomic E-state index is 11.5. The highest BCUT2D eigenvalue weighted by Gasteiger charge is 2.32. The minimum atomic E-state index is -0.00795. The average molecular weight is 187 g/mol. The van der Waals surface area contributed by atoms with E-state index in [1.807, 2.05) is 0 Å². The standard InChI is InChI=1S/C9H17NOS/c1-4-5-7-8(11)10-9(2,3)6-12-7/h7H,4-6H2,1-3H3,(H,10,11)/t7-/m0/s1. The van der Waals surface area contributed by atoms with E-state index in [0.717, 1.165) is 18.6 Å². The molecule has 0 aromatic heterocycles. The van der Waals surface area contributed by atoms with Crippen molar-refractivity contribution >= 4 is 17.7 Å². The molecule has 1 aliphatic rings. The maximum Gasteiger partial charge on any atom is 0.233 e. The van der Waals surface area contributed by atoms with Gasteiger partial charge in [-0.25, -0.2) is 0 Å². The fraction of sp³-hybridized carbons (Fsp3) is 0.889. The number of hydrogen-bond donors (Lipinski definition) is 1. The maximum atomic E-state index is 11.5. The second kappa shape index (κ2) is 3.69. The van der Waals surface area contributed by atoms with E-state index >= 15 is 0 Å².